The number of carbonyl (C=O) groups excluding carboxylic acids is 2. The van der Waals surface area contributed by atoms with E-state index in [-0.39, 0.29) is 24.5 Å². The molecule has 132 valence electrons. The van der Waals surface area contributed by atoms with Crippen molar-refractivity contribution in [1.29, 1.82) is 0 Å². The SMILES string of the molecule is COC(=O)c1ccc(NCC(=O)NC(C)c2ccc(C)c(C)c2)cc1. The van der Waals surface area contributed by atoms with Gasteiger partial charge in [0.25, 0.3) is 0 Å². The number of aryl methyl sites for hydroxylation is 2. The van der Waals surface area contributed by atoms with Gasteiger partial charge in [-0.3, -0.25) is 4.79 Å². The highest BCUT2D eigenvalue weighted by atomic mass is 16.5. The zero-order valence-electron chi connectivity index (χ0n) is 15.1. The molecule has 1 atom stereocenters. The molecule has 0 spiro atoms. The summed E-state index contributed by atoms with van der Waals surface area (Å²) in [5.74, 6) is -0.478. The van der Waals surface area contributed by atoms with Crippen molar-refractivity contribution < 1.29 is 14.3 Å². The predicted octanol–water partition coefficient (Wildman–Crippen LogP) is 3.38. The van der Waals surface area contributed by atoms with Crippen molar-refractivity contribution in [3.05, 3.63) is 64.7 Å². The van der Waals surface area contributed by atoms with E-state index in [1.165, 1.54) is 18.2 Å². The summed E-state index contributed by atoms with van der Waals surface area (Å²) in [6.07, 6.45) is 0. The third-order valence-corrected chi connectivity index (χ3v) is 4.17. The summed E-state index contributed by atoms with van der Waals surface area (Å²) in [5.41, 5.74) is 4.77. The maximum absolute atomic E-state index is 12.1. The Bertz CT molecular complexity index is 754. The number of nitrogens with one attached hydrogen (secondary N) is 2. The summed E-state index contributed by atoms with van der Waals surface area (Å²) >= 11 is 0. The van der Waals surface area contributed by atoms with Gasteiger partial charge in [-0.05, 0) is 61.7 Å². The molecule has 0 heterocycles. The van der Waals surface area contributed by atoms with Crippen LogP contribution < -0.4 is 10.6 Å². The van der Waals surface area contributed by atoms with Crippen molar-refractivity contribution >= 4 is 17.6 Å². The van der Waals surface area contributed by atoms with Crippen LogP contribution in [-0.2, 0) is 9.53 Å². The average Bonchev–Trinajstić information content (AvgIpc) is 2.62. The van der Waals surface area contributed by atoms with E-state index in [4.69, 9.17) is 0 Å². The van der Waals surface area contributed by atoms with Crippen LogP contribution in [0.3, 0.4) is 0 Å². The van der Waals surface area contributed by atoms with E-state index in [0.717, 1.165) is 11.3 Å². The number of rotatable bonds is 6. The Morgan fingerprint density at radius 2 is 1.72 bits per heavy atom. The highest BCUT2D eigenvalue weighted by Crippen LogP contribution is 2.16. The molecule has 0 radical (unpaired) electrons. The van der Waals surface area contributed by atoms with Crippen molar-refractivity contribution in [2.45, 2.75) is 26.8 Å². The van der Waals surface area contributed by atoms with Crippen LogP contribution in [0.5, 0.6) is 0 Å². The van der Waals surface area contributed by atoms with E-state index >= 15 is 0 Å². The van der Waals surface area contributed by atoms with Gasteiger partial charge >= 0.3 is 5.97 Å². The summed E-state index contributed by atoms with van der Waals surface area (Å²) in [7, 11) is 1.34. The lowest BCUT2D eigenvalue weighted by Gasteiger charge is -2.16. The van der Waals surface area contributed by atoms with Gasteiger partial charge in [0.2, 0.25) is 5.91 Å². The van der Waals surface area contributed by atoms with E-state index in [9.17, 15) is 9.59 Å². The standard InChI is InChI=1S/C20H24N2O3/c1-13-5-6-17(11-14(13)2)15(3)22-19(23)12-21-18-9-7-16(8-10-18)20(24)25-4/h5-11,15,21H,12H2,1-4H3,(H,22,23). The molecule has 0 aliphatic heterocycles. The fraction of sp³-hybridized carbons (Fsp3) is 0.300. The molecule has 0 fully saturated rings. The topological polar surface area (TPSA) is 67.4 Å². The van der Waals surface area contributed by atoms with Crippen LogP contribution in [-0.4, -0.2) is 25.5 Å². The molecule has 0 saturated heterocycles. The first-order valence-electron chi connectivity index (χ1n) is 8.19. The lowest BCUT2D eigenvalue weighted by Crippen LogP contribution is -2.32. The molecule has 2 N–H and O–H groups in total. The molecule has 0 aliphatic carbocycles. The van der Waals surface area contributed by atoms with Gasteiger partial charge in [-0.25, -0.2) is 4.79 Å². The molecule has 0 bridgehead atoms. The second-order valence-corrected chi connectivity index (χ2v) is 6.06. The summed E-state index contributed by atoms with van der Waals surface area (Å²) in [4.78, 5) is 23.5. The Balaban J connectivity index is 1.87. The molecule has 5 heteroatoms. The molecular formula is C20H24N2O3. The van der Waals surface area contributed by atoms with Crippen molar-refractivity contribution in [2.75, 3.05) is 19.0 Å². The Hall–Kier alpha value is -2.82. The smallest absolute Gasteiger partial charge is 0.337 e. The number of anilines is 1. The van der Waals surface area contributed by atoms with Crippen molar-refractivity contribution in [3.63, 3.8) is 0 Å². The quantitative estimate of drug-likeness (QED) is 0.791. The Morgan fingerprint density at radius 1 is 1.04 bits per heavy atom. The lowest BCUT2D eigenvalue weighted by molar-refractivity contribution is -0.120. The number of hydrogen-bond acceptors (Lipinski definition) is 4. The zero-order valence-corrected chi connectivity index (χ0v) is 15.1. The zero-order chi connectivity index (χ0) is 18.4. The van der Waals surface area contributed by atoms with Gasteiger partial charge in [-0.1, -0.05) is 18.2 Å². The average molecular weight is 340 g/mol. The molecule has 2 aromatic carbocycles. The van der Waals surface area contributed by atoms with Crippen molar-refractivity contribution in [2.24, 2.45) is 0 Å². The highest BCUT2D eigenvalue weighted by Gasteiger charge is 2.10. The maximum Gasteiger partial charge on any atom is 0.337 e. The van der Waals surface area contributed by atoms with Crippen LogP contribution in [0, 0.1) is 13.8 Å². The number of esters is 1. The third-order valence-electron chi connectivity index (χ3n) is 4.17. The van der Waals surface area contributed by atoms with Crippen LogP contribution in [0.1, 0.15) is 40.0 Å². The van der Waals surface area contributed by atoms with Gasteiger partial charge < -0.3 is 15.4 Å². The van der Waals surface area contributed by atoms with Gasteiger partial charge in [-0.15, -0.1) is 0 Å². The van der Waals surface area contributed by atoms with Crippen molar-refractivity contribution in [1.82, 2.24) is 5.32 Å². The Kier molecular flexibility index (Phi) is 6.17. The van der Waals surface area contributed by atoms with Crippen LogP contribution in [0.2, 0.25) is 0 Å². The number of amides is 1. The summed E-state index contributed by atoms with van der Waals surface area (Å²) in [6.45, 7) is 6.25. The number of methoxy groups -OCH3 is 1. The maximum atomic E-state index is 12.1. The minimum atomic E-state index is -0.383. The second kappa shape index (κ2) is 8.33. The monoisotopic (exact) mass is 340 g/mol. The van der Waals surface area contributed by atoms with E-state index in [0.29, 0.717) is 5.56 Å². The molecule has 2 aromatic rings. The van der Waals surface area contributed by atoms with Gasteiger partial charge in [0.05, 0.1) is 25.3 Å². The van der Waals surface area contributed by atoms with Crippen LogP contribution in [0.4, 0.5) is 5.69 Å². The van der Waals surface area contributed by atoms with Crippen LogP contribution in [0.25, 0.3) is 0 Å². The summed E-state index contributed by atoms with van der Waals surface area (Å²) in [6, 6.07) is 12.9. The first-order valence-corrected chi connectivity index (χ1v) is 8.19. The van der Waals surface area contributed by atoms with E-state index in [2.05, 4.69) is 41.4 Å². The fourth-order valence-corrected chi connectivity index (χ4v) is 2.43. The van der Waals surface area contributed by atoms with Gasteiger partial charge in [0.15, 0.2) is 0 Å². The number of benzene rings is 2. The van der Waals surface area contributed by atoms with Gasteiger partial charge in [-0.2, -0.15) is 0 Å². The predicted molar refractivity (Wildman–Crippen MR) is 98.7 cm³/mol. The number of ether oxygens (including phenoxy) is 1. The molecule has 1 unspecified atom stereocenters. The Labute approximate surface area is 148 Å². The minimum Gasteiger partial charge on any atom is -0.465 e. The largest absolute Gasteiger partial charge is 0.465 e. The minimum absolute atomic E-state index is 0.0599. The third kappa shape index (κ3) is 5.08. The summed E-state index contributed by atoms with van der Waals surface area (Å²) in [5, 5.41) is 6.02. The molecule has 0 saturated carbocycles. The first-order chi connectivity index (χ1) is 11.9. The second-order valence-electron chi connectivity index (χ2n) is 6.06. The van der Waals surface area contributed by atoms with E-state index in [1.54, 1.807) is 24.3 Å². The van der Waals surface area contributed by atoms with Crippen LogP contribution >= 0.6 is 0 Å². The molecule has 0 aromatic heterocycles. The van der Waals surface area contributed by atoms with E-state index < -0.39 is 0 Å². The Morgan fingerprint density at radius 3 is 2.32 bits per heavy atom. The molecule has 1 amide bonds. The highest BCUT2D eigenvalue weighted by molar-refractivity contribution is 5.89. The molecule has 0 aliphatic rings. The molecule has 5 nitrogen and oxygen atoms in total. The number of hydrogen-bond donors (Lipinski definition) is 2. The first kappa shape index (κ1) is 18.5. The van der Waals surface area contributed by atoms with Gasteiger partial charge in [0.1, 0.15) is 0 Å². The van der Waals surface area contributed by atoms with Gasteiger partial charge in [0, 0.05) is 5.69 Å². The number of carbonyl (C=O) groups is 2. The molecule has 2 rings (SSSR count). The summed E-state index contributed by atoms with van der Waals surface area (Å²) < 4.78 is 4.65. The fourth-order valence-electron chi connectivity index (χ4n) is 2.43. The van der Waals surface area contributed by atoms with Crippen LogP contribution in [0.15, 0.2) is 42.5 Å². The normalized spacial score (nSPS) is 11.5. The van der Waals surface area contributed by atoms with Crippen molar-refractivity contribution in [3.8, 4) is 0 Å². The van der Waals surface area contributed by atoms with E-state index in [1.807, 2.05) is 13.0 Å². The lowest BCUT2D eigenvalue weighted by atomic mass is 10.0. The molecule has 25 heavy (non-hydrogen) atoms. The molecular weight excluding hydrogens is 316 g/mol.